The number of hydrogen-bond donors (Lipinski definition) is 1. The molecule has 7 heteroatoms. The van der Waals surface area contributed by atoms with Gasteiger partial charge in [-0.3, -0.25) is 9.59 Å². The number of rotatable bonds is 4. The van der Waals surface area contributed by atoms with Crippen molar-refractivity contribution in [3.8, 4) is 11.5 Å². The average Bonchev–Trinajstić information content (AvgIpc) is 2.62. The lowest BCUT2D eigenvalue weighted by Crippen LogP contribution is -2.35. The maximum absolute atomic E-state index is 12.5. The van der Waals surface area contributed by atoms with Gasteiger partial charge in [-0.05, 0) is 46.3 Å². The molecule has 1 aliphatic heterocycles. The quantitative estimate of drug-likeness (QED) is 0.850. The van der Waals surface area contributed by atoms with E-state index < -0.39 is 0 Å². The Morgan fingerprint density at radius 2 is 1.84 bits per heavy atom. The number of hydrogen-bond acceptors (Lipinski definition) is 4. The Hall–Kier alpha value is -2.54. The molecule has 0 unspecified atom stereocenters. The Kier molecular flexibility index (Phi) is 5.23. The monoisotopic (exact) mass is 404 g/mol. The van der Waals surface area contributed by atoms with Crippen molar-refractivity contribution in [1.29, 1.82) is 0 Å². The molecule has 1 N–H and O–H groups in total. The molecule has 0 spiro atoms. The molecule has 2 amide bonds. The number of nitrogens with one attached hydrogen (secondary N) is 1. The first-order valence-electron chi connectivity index (χ1n) is 7.74. The van der Waals surface area contributed by atoms with Crippen LogP contribution in [0.3, 0.4) is 0 Å². The third kappa shape index (κ3) is 4.11. The van der Waals surface area contributed by atoms with Crippen LogP contribution in [0.1, 0.15) is 10.4 Å². The van der Waals surface area contributed by atoms with Gasteiger partial charge in [-0.2, -0.15) is 0 Å². The van der Waals surface area contributed by atoms with Crippen LogP contribution in [-0.4, -0.2) is 43.5 Å². The standard InChI is InChI=1S/C18H17BrN2O4/c1-21(11-17(22)20-14-5-3-2-4-13(14)19)18(23)12-6-7-15-16(10-12)25-9-8-24-15/h2-7,10H,8-9,11H2,1H3,(H,20,22). The zero-order valence-electron chi connectivity index (χ0n) is 13.6. The van der Waals surface area contributed by atoms with Crippen molar-refractivity contribution in [3.63, 3.8) is 0 Å². The van der Waals surface area contributed by atoms with E-state index in [0.717, 1.165) is 4.47 Å². The van der Waals surface area contributed by atoms with Gasteiger partial charge in [0, 0.05) is 17.1 Å². The molecule has 0 saturated heterocycles. The van der Waals surface area contributed by atoms with Crippen molar-refractivity contribution in [2.24, 2.45) is 0 Å². The van der Waals surface area contributed by atoms with Crippen LogP contribution >= 0.6 is 15.9 Å². The first-order chi connectivity index (χ1) is 12.0. The second-order valence-corrected chi connectivity index (χ2v) is 6.40. The molecule has 0 bridgehead atoms. The predicted molar refractivity (Wildman–Crippen MR) is 97.2 cm³/mol. The van der Waals surface area contributed by atoms with Gasteiger partial charge in [-0.25, -0.2) is 0 Å². The number of fused-ring (bicyclic) bond motifs is 1. The molecule has 25 heavy (non-hydrogen) atoms. The molecule has 130 valence electrons. The Labute approximate surface area is 153 Å². The van der Waals surface area contributed by atoms with E-state index in [1.165, 1.54) is 4.90 Å². The number of likely N-dealkylation sites (N-methyl/N-ethyl adjacent to an activating group) is 1. The molecule has 0 radical (unpaired) electrons. The summed E-state index contributed by atoms with van der Waals surface area (Å²) >= 11 is 3.37. The summed E-state index contributed by atoms with van der Waals surface area (Å²) in [5, 5.41) is 2.77. The van der Waals surface area contributed by atoms with Crippen molar-refractivity contribution >= 4 is 33.4 Å². The van der Waals surface area contributed by atoms with Gasteiger partial charge in [0.05, 0.1) is 12.2 Å². The number of nitrogens with zero attached hydrogens (tertiary/aromatic N) is 1. The summed E-state index contributed by atoms with van der Waals surface area (Å²) in [4.78, 5) is 26.1. The molecule has 0 atom stereocenters. The molecular weight excluding hydrogens is 388 g/mol. The van der Waals surface area contributed by atoms with E-state index in [2.05, 4.69) is 21.2 Å². The van der Waals surface area contributed by atoms with E-state index >= 15 is 0 Å². The van der Waals surface area contributed by atoms with Gasteiger partial charge in [0.2, 0.25) is 5.91 Å². The normalized spacial score (nSPS) is 12.4. The van der Waals surface area contributed by atoms with Gasteiger partial charge < -0.3 is 19.7 Å². The first-order valence-corrected chi connectivity index (χ1v) is 8.53. The second kappa shape index (κ2) is 7.57. The SMILES string of the molecule is CN(CC(=O)Nc1ccccc1Br)C(=O)c1ccc2c(c1)OCCO2. The summed E-state index contributed by atoms with van der Waals surface area (Å²) in [5.41, 5.74) is 1.10. The molecule has 2 aromatic rings. The highest BCUT2D eigenvalue weighted by atomic mass is 79.9. The van der Waals surface area contributed by atoms with Gasteiger partial charge in [-0.15, -0.1) is 0 Å². The molecule has 0 fully saturated rings. The van der Waals surface area contributed by atoms with Gasteiger partial charge in [-0.1, -0.05) is 12.1 Å². The van der Waals surface area contributed by atoms with Gasteiger partial charge >= 0.3 is 0 Å². The van der Waals surface area contributed by atoms with Crippen molar-refractivity contribution in [2.45, 2.75) is 0 Å². The zero-order chi connectivity index (χ0) is 17.8. The average molecular weight is 405 g/mol. The molecule has 0 aromatic heterocycles. The molecule has 6 nitrogen and oxygen atoms in total. The molecule has 1 aliphatic rings. The maximum Gasteiger partial charge on any atom is 0.254 e. The van der Waals surface area contributed by atoms with Crippen LogP contribution in [0.5, 0.6) is 11.5 Å². The Morgan fingerprint density at radius 1 is 1.12 bits per heavy atom. The van der Waals surface area contributed by atoms with E-state index in [4.69, 9.17) is 9.47 Å². The zero-order valence-corrected chi connectivity index (χ0v) is 15.2. The molecule has 0 aliphatic carbocycles. The number of benzene rings is 2. The van der Waals surface area contributed by atoms with Crippen molar-refractivity contribution < 1.29 is 19.1 Å². The van der Waals surface area contributed by atoms with E-state index in [-0.39, 0.29) is 18.4 Å². The molecule has 2 aromatic carbocycles. The van der Waals surface area contributed by atoms with Crippen LogP contribution in [0.15, 0.2) is 46.9 Å². The summed E-state index contributed by atoms with van der Waals surface area (Å²) in [6, 6.07) is 12.3. The minimum absolute atomic E-state index is 0.0609. The van der Waals surface area contributed by atoms with E-state index in [0.29, 0.717) is 36.0 Å². The molecule has 0 saturated carbocycles. The number of halogens is 1. The first kappa shape index (κ1) is 17.3. The van der Waals surface area contributed by atoms with Crippen LogP contribution in [-0.2, 0) is 4.79 Å². The van der Waals surface area contributed by atoms with Crippen LogP contribution in [0, 0.1) is 0 Å². The highest BCUT2D eigenvalue weighted by Crippen LogP contribution is 2.31. The number of amides is 2. The summed E-state index contributed by atoms with van der Waals surface area (Å²) in [6.45, 7) is 0.888. The van der Waals surface area contributed by atoms with E-state index in [1.807, 2.05) is 18.2 Å². The molecular formula is C18H17BrN2O4. The van der Waals surface area contributed by atoms with Crippen LogP contribution in [0.2, 0.25) is 0 Å². The fourth-order valence-electron chi connectivity index (χ4n) is 2.44. The van der Waals surface area contributed by atoms with E-state index in [1.54, 1.807) is 31.3 Å². The van der Waals surface area contributed by atoms with E-state index in [9.17, 15) is 9.59 Å². The molecule has 3 rings (SSSR count). The Morgan fingerprint density at radius 3 is 2.60 bits per heavy atom. The van der Waals surface area contributed by atoms with Gasteiger partial charge in [0.1, 0.15) is 13.2 Å². The topological polar surface area (TPSA) is 67.9 Å². The van der Waals surface area contributed by atoms with Crippen LogP contribution in [0.4, 0.5) is 5.69 Å². The minimum Gasteiger partial charge on any atom is -0.486 e. The number of ether oxygens (including phenoxy) is 2. The predicted octanol–water partition coefficient (Wildman–Crippen LogP) is 2.93. The summed E-state index contributed by atoms with van der Waals surface area (Å²) < 4.78 is 11.7. The van der Waals surface area contributed by atoms with Crippen LogP contribution in [0.25, 0.3) is 0 Å². The van der Waals surface area contributed by atoms with Gasteiger partial charge in [0.25, 0.3) is 5.91 Å². The van der Waals surface area contributed by atoms with Gasteiger partial charge in [0.15, 0.2) is 11.5 Å². The maximum atomic E-state index is 12.5. The highest BCUT2D eigenvalue weighted by Gasteiger charge is 2.19. The fourth-order valence-corrected chi connectivity index (χ4v) is 2.82. The van der Waals surface area contributed by atoms with Crippen molar-refractivity contribution in [1.82, 2.24) is 4.90 Å². The summed E-state index contributed by atoms with van der Waals surface area (Å²) in [5.74, 6) is 0.625. The summed E-state index contributed by atoms with van der Waals surface area (Å²) in [6.07, 6.45) is 0. The summed E-state index contributed by atoms with van der Waals surface area (Å²) in [7, 11) is 1.58. The number of para-hydroxylation sites is 1. The van der Waals surface area contributed by atoms with Crippen LogP contribution < -0.4 is 14.8 Å². The lowest BCUT2D eigenvalue weighted by molar-refractivity contribution is -0.116. The lowest BCUT2D eigenvalue weighted by atomic mass is 10.1. The third-order valence-electron chi connectivity index (χ3n) is 3.66. The lowest BCUT2D eigenvalue weighted by Gasteiger charge is -2.21. The second-order valence-electron chi connectivity index (χ2n) is 5.55. The minimum atomic E-state index is -0.278. The molecule has 1 heterocycles. The Bertz CT molecular complexity index is 809. The third-order valence-corrected chi connectivity index (χ3v) is 4.36. The fraction of sp³-hybridized carbons (Fsp3) is 0.222. The Balaban J connectivity index is 1.64. The number of carbonyl (C=O) groups excluding carboxylic acids is 2. The van der Waals surface area contributed by atoms with Crippen molar-refractivity contribution in [3.05, 3.63) is 52.5 Å². The number of anilines is 1. The smallest absolute Gasteiger partial charge is 0.254 e. The largest absolute Gasteiger partial charge is 0.486 e. The highest BCUT2D eigenvalue weighted by molar-refractivity contribution is 9.10. The number of carbonyl (C=O) groups is 2. The van der Waals surface area contributed by atoms with Crippen molar-refractivity contribution in [2.75, 3.05) is 32.1 Å².